The minimum atomic E-state index is -1.21. The SMILES string of the molecule is CC(=O)c1cnc(C(C)(C)C)nc1C(=O)O. The third-order valence-corrected chi connectivity index (χ3v) is 2.04. The Balaban J connectivity index is 3.40. The van der Waals surface area contributed by atoms with Crippen molar-refractivity contribution < 1.29 is 14.7 Å². The Kier molecular flexibility index (Phi) is 3.07. The number of hydrogen-bond acceptors (Lipinski definition) is 4. The fraction of sp³-hybridized carbons (Fsp3) is 0.455. The Morgan fingerprint density at radius 1 is 1.31 bits per heavy atom. The first-order chi connectivity index (χ1) is 7.23. The fourth-order valence-electron chi connectivity index (χ4n) is 1.16. The number of hydrogen-bond donors (Lipinski definition) is 1. The first-order valence-electron chi connectivity index (χ1n) is 4.85. The number of nitrogens with zero attached hydrogens (tertiary/aromatic N) is 2. The maximum atomic E-state index is 11.2. The number of carbonyl (C=O) groups excluding carboxylic acids is 1. The van der Waals surface area contributed by atoms with E-state index in [0.29, 0.717) is 5.82 Å². The van der Waals surface area contributed by atoms with E-state index in [1.54, 1.807) is 0 Å². The van der Waals surface area contributed by atoms with E-state index in [-0.39, 0.29) is 22.5 Å². The molecular formula is C11H14N2O3. The van der Waals surface area contributed by atoms with Gasteiger partial charge < -0.3 is 5.11 Å². The van der Waals surface area contributed by atoms with E-state index in [0.717, 1.165) is 0 Å². The first-order valence-corrected chi connectivity index (χ1v) is 4.85. The van der Waals surface area contributed by atoms with Crippen LogP contribution in [0.1, 0.15) is 54.4 Å². The van der Waals surface area contributed by atoms with Crippen molar-refractivity contribution >= 4 is 11.8 Å². The Hall–Kier alpha value is -1.78. The highest BCUT2D eigenvalue weighted by Crippen LogP contribution is 2.19. The van der Waals surface area contributed by atoms with Gasteiger partial charge in [-0.05, 0) is 6.92 Å². The summed E-state index contributed by atoms with van der Waals surface area (Å²) in [7, 11) is 0. The number of carboxylic acid groups (broad SMARTS) is 1. The van der Waals surface area contributed by atoms with Gasteiger partial charge in [0.15, 0.2) is 11.5 Å². The summed E-state index contributed by atoms with van der Waals surface area (Å²) < 4.78 is 0. The lowest BCUT2D eigenvalue weighted by molar-refractivity contribution is 0.0684. The standard InChI is InChI=1S/C11H14N2O3/c1-6(14)7-5-12-10(11(2,3)4)13-8(7)9(15)16/h5H,1-4H3,(H,15,16). The lowest BCUT2D eigenvalue weighted by Gasteiger charge is -2.17. The van der Waals surface area contributed by atoms with Crippen molar-refractivity contribution in [3.63, 3.8) is 0 Å². The third kappa shape index (κ3) is 2.42. The van der Waals surface area contributed by atoms with Gasteiger partial charge in [0.2, 0.25) is 0 Å². The molecule has 0 saturated carbocycles. The molecule has 0 amide bonds. The quantitative estimate of drug-likeness (QED) is 0.770. The van der Waals surface area contributed by atoms with Crippen LogP contribution in [0.2, 0.25) is 0 Å². The monoisotopic (exact) mass is 222 g/mol. The Bertz CT molecular complexity index is 447. The molecule has 1 aromatic rings. The average molecular weight is 222 g/mol. The van der Waals surface area contributed by atoms with Crippen molar-refractivity contribution in [1.82, 2.24) is 9.97 Å². The predicted octanol–water partition coefficient (Wildman–Crippen LogP) is 1.67. The molecule has 0 spiro atoms. The van der Waals surface area contributed by atoms with Gasteiger partial charge in [0, 0.05) is 11.6 Å². The molecule has 1 rings (SSSR count). The number of carboxylic acids is 1. The smallest absolute Gasteiger partial charge is 0.355 e. The number of carbonyl (C=O) groups is 2. The van der Waals surface area contributed by atoms with Crippen molar-refractivity contribution in [1.29, 1.82) is 0 Å². The zero-order valence-electron chi connectivity index (χ0n) is 9.74. The lowest BCUT2D eigenvalue weighted by atomic mass is 9.95. The number of Topliss-reactive ketones (excluding diaryl/α,β-unsaturated/α-hetero) is 1. The zero-order valence-corrected chi connectivity index (χ0v) is 9.74. The van der Waals surface area contributed by atoms with E-state index < -0.39 is 5.97 Å². The topological polar surface area (TPSA) is 80.2 Å². The molecule has 1 heterocycles. The Labute approximate surface area is 93.5 Å². The van der Waals surface area contributed by atoms with Gasteiger partial charge in [-0.15, -0.1) is 0 Å². The molecule has 86 valence electrons. The van der Waals surface area contributed by atoms with Crippen molar-refractivity contribution in [3.05, 3.63) is 23.3 Å². The minimum Gasteiger partial charge on any atom is -0.476 e. The van der Waals surface area contributed by atoms with Crippen molar-refractivity contribution in [2.24, 2.45) is 0 Å². The van der Waals surface area contributed by atoms with Gasteiger partial charge in [-0.2, -0.15) is 0 Å². The molecule has 5 heteroatoms. The number of ketones is 1. The van der Waals surface area contributed by atoms with Gasteiger partial charge >= 0.3 is 5.97 Å². The van der Waals surface area contributed by atoms with Crippen LogP contribution in [0.4, 0.5) is 0 Å². The Morgan fingerprint density at radius 2 is 1.88 bits per heavy atom. The summed E-state index contributed by atoms with van der Waals surface area (Å²) in [4.78, 5) is 30.1. The van der Waals surface area contributed by atoms with E-state index in [9.17, 15) is 9.59 Å². The van der Waals surface area contributed by atoms with Crippen molar-refractivity contribution in [2.75, 3.05) is 0 Å². The summed E-state index contributed by atoms with van der Waals surface area (Å²) >= 11 is 0. The Morgan fingerprint density at radius 3 is 2.25 bits per heavy atom. The summed E-state index contributed by atoms with van der Waals surface area (Å²) in [5.74, 6) is -1.15. The normalized spacial score (nSPS) is 11.2. The minimum absolute atomic E-state index is 0.0421. The summed E-state index contributed by atoms with van der Waals surface area (Å²) in [6, 6.07) is 0. The van der Waals surface area contributed by atoms with Gasteiger partial charge in [-0.1, -0.05) is 20.8 Å². The van der Waals surface area contributed by atoms with Crippen LogP contribution in [0.5, 0.6) is 0 Å². The maximum absolute atomic E-state index is 11.2. The molecule has 0 saturated heterocycles. The molecule has 0 aromatic carbocycles. The van der Waals surface area contributed by atoms with E-state index in [2.05, 4.69) is 9.97 Å². The van der Waals surface area contributed by atoms with Crippen LogP contribution in [0.25, 0.3) is 0 Å². The highest BCUT2D eigenvalue weighted by atomic mass is 16.4. The fourth-order valence-corrected chi connectivity index (χ4v) is 1.16. The second-order valence-corrected chi connectivity index (χ2v) is 4.57. The molecule has 0 aliphatic rings. The second-order valence-electron chi connectivity index (χ2n) is 4.57. The molecule has 16 heavy (non-hydrogen) atoms. The molecule has 0 unspecified atom stereocenters. The summed E-state index contributed by atoms with van der Waals surface area (Å²) in [6.45, 7) is 6.92. The molecule has 5 nitrogen and oxygen atoms in total. The second kappa shape index (κ2) is 4.00. The zero-order chi connectivity index (χ0) is 12.5. The van der Waals surface area contributed by atoms with Gasteiger partial charge in [-0.25, -0.2) is 14.8 Å². The summed E-state index contributed by atoms with van der Waals surface area (Å²) in [6.07, 6.45) is 1.28. The summed E-state index contributed by atoms with van der Waals surface area (Å²) in [5, 5.41) is 8.96. The van der Waals surface area contributed by atoms with Crippen LogP contribution in [-0.2, 0) is 5.41 Å². The molecule has 0 atom stereocenters. The van der Waals surface area contributed by atoms with Crippen LogP contribution in [0.3, 0.4) is 0 Å². The van der Waals surface area contributed by atoms with Gasteiger partial charge in [0.05, 0.1) is 5.56 Å². The van der Waals surface area contributed by atoms with Crippen LogP contribution in [0, 0.1) is 0 Å². The predicted molar refractivity (Wildman–Crippen MR) is 57.7 cm³/mol. The van der Waals surface area contributed by atoms with Gasteiger partial charge in [0.25, 0.3) is 0 Å². The van der Waals surface area contributed by atoms with Crippen molar-refractivity contribution in [2.45, 2.75) is 33.1 Å². The molecule has 0 bridgehead atoms. The number of aromatic carboxylic acids is 1. The van der Waals surface area contributed by atoms with Crippen LogP contribution < -0.4 is 0 Å². The third-order valence-electron chi connectivity index (χ3n) is 2.04. The van der Waals surface area contributed by atoms with Gasteiger partial charge in [0.1, 0.15) is 5.82 Å². The molecule has 1 N–H and O–H groups in total. The van der Waals surface area contributed by atoms with Crippen LogP contribution in [-0.4, -0.2) is 26.8 Å². The summed E-state index contributed by atoms with van der Waals surface area (Å²) in [5.41, 5.74) is -0.535. The molecule has 0 aliphatic carbocycles. The molecule has 0 radical (unpaired) electrons. The first kappa shape index (κ1) is 12.3. The van der Waals surface area contributed by atoms with E-state index in [1.165, 1.54) is 13.1 Å². The van der Waals surface area contributed by atoms with Crippen molar-refractivity contribution in [3.8, 4) is 0 Å². The number of rotatable bonds is 2. The van der Waals surface area contributed by atoms with Gasteiger partial charge in [-0.3, -0.25) is 4.79 Å². The lowest BCUT2D eigenvalue weighted by Crippen LogP contribution is -2.20. The van der Waals surface area contributed by atoms with Crippen LogP contribution >= 0.6 is 0 Å². The van der Waals surface area contributed by atoms with Crippen LogP contribution in [0.15, 0.2) is 6.20 Å². The largest absolute Gasteiger partial charge is 0.476 e. The average Bonchev–Trinajstić information content (AvgIpc) is 2.15. The molecule has 0 fully saturated rings. The van der Waals surface area contributed by atoms with E-state index in [4.69, 9.17) is 5.11 Å². The highest BCUT2D eigenvalue weighted by Gasteiger charge is 2.23. The number of aromatic nitrogens is 2. The molecule has 1 aromatic heterocycles. The highest BCUT2D eigenvalue weighted by molar-refractivity contribution is 6.03. The molecule has 0 aliphatic heterocycles. The molecular weight excluding hydrogens is 208 g/mol. The maximum Gasteiger partial charge on any atom is 0.355 e. The van der Waals surface area contributed by atoms with E-state index in [1.807, 2.05) is 20.8 Å². The van der Waals surface area contributed by atoms with E-state index >= 15 is 0 Å².